The van der Waals surface area contributed by atoms with E-state index < -0.39 is 0 Å². The maximum atomic E-state index is 4.97. The van der Waals surface area contributed by atoms with Gasteiger partial charge < -0.3 is 4.84 Å². The molecule has 0 radical (unpaired) electrons. The second-order valence-electron chi connectivity index (χ2n) is 2.59. The Balaban J connectivity index is 2.16. The summed E-state index contributed by atoms with van der Waals surface area (Å²) in [6, 6.07) is 0.694. The molecule has 0 saturated carbocycles. The van der Waals surface area contributed by atoms with Gasteiger partial charge in [0.05, 0.1) is 13.2 Å². The molecule has 48 valence electrons. The van der Waals surface area contributed by atoms with Gasteiger partial charge in [0.1, 0.15) is 0 Å². The van der Waals surface area contributed by atoms with E-state index in [4.69, 9.17) is 4.84 Å². The van der Waals surface area contributed by atoms with Gasteiger partial charge in [-0.15, -0.1) is 0 Å². The predicted molar refractivity (Wildman–Crippen MR) is 32.3 cm³/mol. The van der Waals surface area contributed by atoms with Crippen LogP contribution in [0, 0.1) is 5.92 Å². The lowest BCUT2D eigenvalue weighted by Crippen LogP contribution is -2.05. The fourth-order valence-corrected chi connectivity index (χ4v) is 0.891. The molecule has 0 aromatic heterocycles. The topological polar surface area (TPSA) is 12.2 Å². The van der Waals surface area contributed by atoms with E-state index in [-0.39, 0.29) is 0 Å². The second kappa shape index (κ2) is 2.03. The Bertz CT molecular complexity index is 82.6. The lowest BCUT2D eigenvalue weighted by atomic mass is 10.1. The Morgan fingerprint density at radius 3 is 2.38 bits per heavy atom. The molecule has 1 heterocycles. The number of hydrogen-bond donors (Lipinski definition) is 0. The Hall–Kier alpha value is -0.0800. The van der Waals surface area contributed by atoms with Crippen LogP contribution in [0.25, 0.3) is 0 Å². The monoisotopic (exact) mass is 115 g/mol. The van der Waals surface area contributed by atoms with Gasteiger partial charge in [-0.25, -0.2) is 0 Å². The standard InChI is InChI=1S/C6H13NO/c1-5(2)6-4-7(6)8-3/h5-6H,4H2,1-3H3. The van der Waals surface area contributed by atoms with Crippen molar-refractivity contribution in [2.45, 2.75) is 19.9 Å². The summed E-state index contributed by atoms with van der Waals surface area (Å²) in [6.45, 7) is 5.54. The van der Waals surface area contributed by atoms with E-state index >= 15 is 0 Å². The van der Waals surface area contributed by atoms with Crippen LogP contribution in [0.2, 0.25) is 0 Å². The molecular weight excluding hydrogens is 102 g/mol. The minimum Gasteiger partial charge on any atom is -0.302 e. The van der Waals surface area contributed by atoms with Gasteiger partial charge in [-0.3, -0.25) is 0 Å². The molecule has 2 heteroatoms. The first kappa shape index (κ1) is 6.05. The molecule has 0 aliphatic carbocycles. The largest absolute Gasteiger partial charge is 0.302 e. The van der Waals surface area contributed by atoms with Crippen molar-refractivity contribution in [1.29, 1.82) is 0 Å². The average Bonchev–Trinajstić information content (AvgIpc) is 2.42. The lowest BCUT2D eigenvalue weighted by Gasteiger charge is -2.00. The maximum Gasteiger partial charge on any atom is 0.0575 e. The smallest absolute Gasteiger partial charge is 0.0575 e. The summed E-state index contributed by atoms with van der Waals surface area (Å²) in [6.07, 6.45) is 0. The van der Waals surface area contributed by atoms with Crippen LogP contribution in [0.15, 0.2) is 0 Å². The molecule has 0 aromatic carbocycles. The highest BCUT2D eigenvalue weighted by atomic mass is 16.7. The van der Waals surface area contributed by atoms with Crippen molar-refractivity contribution >= 4 is 0 Å². The number of rotatable bonds is 2. The first-order valence-corrected chi connectivity index (χ1v) is 3.06. The van der Waals surface area contributed by atoms with Crippen LogP contribution in [-0.4, -0.2) is 24.8 Å². The predicted octanol–water partition coefficient (Wildman–Crippen LogP) is 0.888. The summed E-state index contributed by atoms with van der Waals surface area (Å²) >= 11 is 0. The van der Waals surface area contributed by atoms with Gasteiger partial charge >= 0.3 is 0 Å². The van der Waals surface area contributed by atoms with Crippen LogP contribution >= 0.6 is 0 Å². The van der Waals surface area contributed by atoms with Crippen molar-refractivity contribution in [2.24, 2.45) is 5.92 Å². The molecular formula is C6H13NO. The molecule has 8 heavy (non-hydrogen) atoms. The van der Waals surface area contributed by atoms with Crippen LogP contribution in [-0.2, 0) is 4.84 Å². The molecule has 1 rings (SSSR count). The summed E-state index contributed by atoms with van der Waals surface area (Å²) in [7, 11) is 1.72. The van der Waals surface area contributed by atoms with Gasteiger partial charge in [0, 0.05) is 6.54 Å². The first-order chi connectivity index (χ1) is 3.75. The van der Waals surface area contributed by atoms with Crippen LogP contribution < -0.4 is 0 Å². The van der Waals surface area contributed by atoms with E-state index in [0.717, 1.165) is 12.5 Å². The molecule has 1 aliphatic heterocycles. The number of nitrogens with zero attached hydrogens (tertiary/aromatic N) is 1. The van der Waals surface area contributed by atoms with Gasteiger partial charge in [-0.1, -0.05) is 13.8 Å². The SMILES string of the molecule is CON1CC1C(C)C. The number of hydrogen-bond acceptors (Lipinski definition) is 2. The van der Waals surface area contributed by atoms with Crippen molar-refractivity contribution in [3.8, 4) is 0 Å². The zero-order valence-corrected chi connectivity index (χ0v) is 5.72. The van der Waals surface area contributed by atoms with Crippen molar-refractivity contribution < 1.29 is 4.84 Å². The zero-order valence-electron chi connectivity index (χ0n) is 5.72. The van der Waals surface area contributed by atoms with E-state index in [1.54, 1.807) is 7.11 Å². The number of hydroxylamine groups is 2. The molecule has 0 amide bonds. The first-order valence-electron chi connectivity index (χ1n) is 3.06. The highest BCUT2D eigenvalue weighted by Gasteiger charge is 2.36. The molecule has 2 nitrogen and oxygen atoms in total. The molecule has 0 aromatic rings. The van der Waals surface area contributed by atoms with Crippen molar-refractivity contribution in [3.63, 3.8) is 0 Å². The Morgan fingerprint density at radius 1 is 1.62 bits per heavy atom. The maximum absolute atomic E-state index is 4.97. The molecule has 1 saturated heterocycles. The Morgan fingerprint density at radius 2 is 2.25 bits per heavy atom. The van der Waals surface area contributed by atoms with Crippen molar-refractivity contribution in [3.05, 3.63) is 0 Å². The van der Waals surface area contributed by atoms with E-state index in [2.05, 4.69) is 13.8 Å². The third-order valence-corrected chi connectivity index (χ3v) is 1.61. The summed E-state index contributed by atoms with van der Waals surface area (Å²) in [5.74, 6) is 0.745. The normalized spacial score (nSPS) is 36.0. The van der Waals surface area contributed by atoms with E-state index in [9.17, 15) is 0 Å². The van der Waals surface area contributed by atoms with Gasteiger partial charge in [0.15, 0.2) is 0 Å². The minimum atomic E-state index is 0.694. The third kappa shape index (κ3) is 1.01. The van der Waals surface area contributed by atoms with Crippen LogP contribution in [0.4, 0.5) is 0 Å². The molecule has 0 bridgehead atoms. The van der Waals surface area contributed by atoms with Crippen LogP contribution in [0.1, 0.15) is 13.8 Å². The third-order valence-electron chi connectivity index (χ3n) is 1.61. The van der Waals surface area contributed by atoms with E-state index in [0.29, 0.717) is 6.04 Å². The van der Waals surface area contributed by atoms with Gasteiger partial charge in [0.25, 0.3) is 0 Å². The second-order valence-corrected chi connectivity index (χ2v) is 2.59. The Kier molecular flexibility index (Phi) is 1.54. The quantitative estimate of drug-likeness (QED) is 0.495. The van der Waals surface area contributed by atoms with E-state index in [1.807, 2.05) is 5.06 Å². The summed E-state index contributed by atoms with van der Waals surface area (Å²) in [5.41, 5.74) is 0. The Labute approximate surface area is 50.4 Å². The lowest BCUT2D eigenvalue weighted by molar-refractivity contribution is -0.0423. The zero-order chi connectivity index (χ0) is 6.15. The van der Waals surface area contributed by atoms with Gasteiger partial charge in [-0.05, 0) is 5.92 Å². The minimum absolute atomic E-state index is 0.694. The molecule has 2 atom stereocenters. The van der Waals surface area contributed by atoms with Crippen molar-refractivity contribution in [2.75, 3.05) is 13.7 Å². The van der Waals surface area contributed by atoms with Crippen molar-refractivity contribution in [1.82, 2.24) is 5.06 Å². The summed E-state index contributed by atoms with van der Waals surface area (Å²) in [5, 5.41) is 1.99. The highest BCUT2D eigenvalue weighted by Crippen LogP contribution is 2.23. The molecule has 1 aliphatic rings. The molecule has 0 N–H and O–H groups in total. The fraction of sp³-hybridized carbons (Fsp3) is 1.00. The molecule has 0 spiro atoms. The van der Waals surface area contributed by atoms with Crippen LogP contribution in [0.3, 0.4) is 0 Å². The van der Waals surface area contributed by atoms with Gasteiger partial charge in [0.2, 0.25) is 0 Å². The van der Waals surface area contributed by atoms with E-state index in [1.165, 1.54) is 0 Å². The highest BCUT2D eigenvalue weighted by molar-refractivity contribution is 4.84. The van der Waals surface area contributed by atoms with Gasteiger partial charge in [-0.2, -0.15) is 5.06 Å². The molecule has 2 unspecified atom stereocenters. The summed E-state index contributed by atoms with van der Waals surface area (Å²) in [4.78, 5) is 4.97. The average molecular weight is 115 g/mol. The fourth-order valence-electron chi connectivity index (χ4n) is 0.891. The molecule has 1 fully saturated rings. The van der Waals surface area contributed by atoms with Crippen LogP contribution in [0.5, 0.6) is 0 Å². The summed E-state index contributed by atoms with van der Waals surface area (Å²) < 4.78 is 0.